The second-order valence-corrected chi connectivity index (χ2v) is 9.35. The van der Waals surface area contributed by atoms with Gasteiger partial charge in [-0.3, -0.25) is 9.36 Å². The normalized spacial score (nSPS) is 18.9. The number of nitriles is 1. The number of rotatable bonds is 7. The van der Waals surface area contributed by atoms with E-state index < -0.39 is 11.6 Å². The second-order valence-electron chi connectivity index (χ2n) is 9.35. The Bertz CT molecular complexity index is 1040. The van der Waals surface area contributed by atoms with Crippen LogP contribution in [0.3, 0.4) is 0 Å². The van der Waals surface area contributed by atoms with Crippen molar-refractivity contribution in [3.8, 4) is 17.2 Å². The van der Waals surface area contributed by atoms with E-state index in [-0.39, 0.29) is 11.6 Å². The van der Waals surface area contributed by atoms with Crippen molar-refractivity contribution in [1.82, 2.24) is 14.9 Å². The van der Waals surface area contributed by atoms with Crippen molar-refractivity contribution in [3.63, 3.8) is 0 Å². The average Bonchev–Trinajstić information content (AvgIpc) is 2.78. The van der Waals surface area contributed by atoms with Gasteiger partial charge in [-0.15, -0.1) is 0 Å². The summed E-state index contributed by atoms with van der Waals surface area (Å²) in [4.78, 5) is 28.8. The molecule has 1 heterocycles. The third kappa shape index (κ3) is 5.08. The van der Waals surface area contributed by atoms with Crippen molar-refractivity contribution in [2.24, 2.45) is 11.7 Å². The summed E-state index contributed by atoms with van der Waals surface area (Å²) in [5.41, 5.74) is 8.04. The van der Waals surface area contributed by atoms with E-state index in [1.165, 1.54) is 19.3 Å². The highest BCUT2D eigenvalue weighted by molar-refractivity contribution is 5.86. The lowest BCUT2D eigenvalue weighted by Gasteiger charge is -2.32. The molecule has 1 aromatic carbocycles. The molecule has 3 N–H and O–H groups in total. The minimum atomic E-state index is -0.854. The zero-order valence-corrected chi connectivity index (χ0v) is 18.4. The van der Waals surface area contributed by atoms with E-state index in [4.69, 9.17) is 5.73 Å². The number of carbonyl (C=O) groups is 1. The molecule has 2 aliphatic rings. The van der Waals surface area contributed by atoms with Crippen molar-refractivity contribution in [3.05, 3.63) is 52.7 Å². The molecule has 1 atom stereocenters. The molecule has 2 saturated carbocycles. The molecule has 2 aromatic rings. The maximum atomic E-state index is 12.7. The maximum Gasteiger partial charge on any atom is 0.347 e. The van der Waals surface area contributed by atoms with Crippen molar-refractivity contribution in [1.29, 1.82) is 5.26 Å². The van der Waals surface area contributed by atoms with Crippen LogP contribution in [-0.2, 0) is 17.8 Å². The number of aromatic nitrogens is 2. The SMILES string of the molecule is N#C[C@H](Cc1ccc(-c2cnc(=O)n(CC3CCC3)c2)cc1)NC(=O)C1(N)CCCCC1. The molecule has 2 fully saturated rings. The lowest BCUT2D eigenvalue weighted by Crippen LogP contribution is -2.57. The molecule has 32 heavy (non-hydrogen) atoms. The second kappa shape index (κ2) is 9.66. The summed E-state index contributed by atoms with van der Waals surface area (Å²) in [6, 6.07) is 9.40. The molecule has 0 saturated heterocycles. The first kappa shape index (κ1) is 22.2. The predicted molar refractivity (Wildman–Crippen MR) is 123 cm³/mol. The van der Waals surface area contributed by atoms with E-state index in [0.29, 0.717) is 25.2 Å². The standard InChI is InChI=1S/C25H31N5O2/c26-14-22(29-23(31)25(27)11-2-1-3-12-25)13-18-7-9-20(10-8-18)21-15-28-24(32)30(17-21)16-19-5-4-6-19/h7-10,15,17,19,22H,1-6,11-13,16,27H2,(H,29,31)/t22-/m0/s1. The Morgan fingerprint density at radius 2 is 1.91 bits per heavy atom. The molecule has 0 unspecified atom stereocenters. The molecule has 4 rings (SSSR count). The van der Waals surface area contributed by atoms with Crippen LogP contribution in [0.2, 0.25) is 0 Å². The maximum absolute atomic E-state index is 12.7. The van der Waals surface area contributed by atoms with E-state index in [2.05, 4.69) is 16.4 Å². The van der Waals surface area contributed by atoms with Crippen molar-refractivity contribution < 1.29 is 4.79 Å². The van der Waals surface area contributed by atoms with E-state index >= 15 is 0 Å². The van der Waals surface area contributed by atoms with Gasteiger partial charge in [-0.05, 0) is 42.7 Å². The van der Waals surface area contributed by atoms with Gasteiger partial charge < -0.3 is 11.1 Å². The average molecular weight is 434 g/mol. The summed E-state index contributed by atoms with van der Waals surface area (Å²) < 4.78 is 1.71. The van der Waals surface area contributed by atoms with E-state index in [1.807, 2.05) is 30.5 Å². The summed E-state index contributed by atoms with van der Waals surface area (Å²) in [6.07, 6.45) is 11.8. The smallest absolute Gasteiger partial charge is 0.338 e. The Labute approximate surface area is 188 Å². The van der Waals surface area contributed by atoms with Crippen LogP contribution in [-0.4, -0.2) is 27.0 Å². The third-order valence-electron chi connectivity index (χ3n) is 6.92. The Balaban J connectivity index is 1.40. The molecule has 0 spiro atoms. The number of nitrogens with zero attached hydrogens (tertiary/aromatic N) is 3. The van der Waals surface area contributed by atoms with Gasteiger partial charge in [-0.25, -0.2) is 9.78 Å². The zero-order valence-electron chi connectivity index (χ0n) is 18.4. The van der Waals surface area contributed by atoms with Crippen LogP contribution in [0.5, 0.6) is 0 Å². The minimum absolute atomic E-state index is 0.208. The summed E-state index contributed by atoms with van der Waals surface area (Å²) >= 11 is 0. The van der Waals surface area contributed by atoms with Gasteiger partial charge in [0.2, 0.25) is 5.91 Å². The van der Waals surface area contributed by atoms with Crippen molar-refractivity contribution >= 4 is 5.91 Å². The molecule has 2 aliphatic carbocycles. The molecule has 0 radical (unpaired) electrons. The van der Waals surface area contributed by atoms with Crippen LogP contribution in [0.15, 0.2) is 41.5 Å². The highest BCUT2D eigenvalue weighted by Crippen LogP contribution is 2.28. The molecule has 1 amide bonds. The van der Waals surface area contributed by atoms with Gasteiger partial charge in [0.1, 0.15) is 6.04 Å². The van der Waals surface area contributed by atoms with Crippen LogP contribution in [0.25, 0.3) is 11.1 Å². The largest absolute Gasteiger partial charge is 0.347 e. The van der Waals surface area contributed by atoms with Gasteiger partial charge in [0.05, 0.1) is 11.6 Å². The Morgan fingerprint density at radius 1 is 1.19 bits per heavy atom. The highest BCUT2D eigenvalue weighted by Gasteiger charge is 2.36. The van der Waals surface area contributed by atoms with E-state index in [9.17, 15) is 14.9 Å². The molecule has 0 bridgehead atoms. The fourth-order valence-electron chi connectivity index (χ4n) is 4.60. The fourth-order valence-corrected chi connectivity index (χ4v) is 4.60. The van der Waals surface area contributed by atoms with Crippen LogP contribution >= 0.6 is 0 Å². The summed E-state index contributed by atoms with van der Waals surface area (Å²) in [6.45, 7) is 0.726. The predicted octanol–water partition coefficient (Wildman–Crippen LogP) is 2.92. The minimum Gasteiger partial charge on any atom is -0.338 e. The number of benzene rings is 1. The summed E-state index contributed by atoms with van der Waals surface area (Å²) in [5, 5.41) is 12.4. The fraction of sp³-hybridized carbons (Fsp3) is 0.520. The van der Waals surface area contributed by atoms with Crippen LogP contribution in [0.1, 0.15) is 56.9 Å². The topological polar surface area (TPSA) is 114 Å². The van der Waals surface area contributed by atoms with Crippen LogP contribution < -0.4 is 16.7 Å². The van der Waals surface area contributed by atoms with Gasteiger partial charge in [-0.2, -0.15) is 5.26 Å². The summed E-state index contributed by atoms with van der Waals surface area (Å²) in [5.74, 6) is 0.353. The lowest BCUT2D eigenvalue weighted by atomic mass is 9.81. The Hall–Kier alpha value is -2.98. The number of amides is 1. The molecule has 1 aromatic heterocycles. The number of nitrogens with two attached hydrogens (primary N) is 1. The molecule has 7 nitrogen and oxygen atoms in total. The molecule has 7 heteroatoms. The van der Waals surface area contributed by atoms with Crippen molar-refractivity contribution in [2.45, 2.75) is 75.9 Å². The number of carbonyl (C=O) groups excluding carboxylic acids is 1. The zero-order chi connectivity index (χ0) is 22.6. The quantitative estimate of drug-likeness (QED) is 0.697. The van der Waals surface area contributed by atoms with Gasteiger partial charge in [-0.1, -0.05) is 49.9 Å². The summed E-state index contributed by atoms with van der Waals surface area (Å²) in [7, 11) is 0. The number of nitrogens with one attached hydrogen (secondary N) is 1. The Morgan fingerprint density at radius 3 is 2.53 bits per heavy atom. The van der Waals surface area contributed by atoms with Gasteiger partial charge in [0.15, 0.2) is 0 Å². The monoisotopic (exact) mass is 433 g/mol. The molecule has 0 aliphatic heterocycles. The van der Waals surface area contributed by atoms with Gasteiger partial charge >= 0.3 is 5.69 Å². The first-order valence-electron chi connectivity index (χ1n) is 11.6. The van der Waals surface area contributed by atoms with Gasteiger partial charge in [0, 0.05) is 30.9 Å². The number of hydrogen-bond acceptors (Lipinski definition) is 5. The van der Waals surface area contributed by atoms with Crippen LogP contribution in [0.4, 0.5) is 0 Å². The highest BCUT2D eigenvalue weighted by atomic mass is 16.2. The lowest BCUT2D eigenvalue weighted by molar-refractivity contribution is -0.127. The molecule has 168 valence electrons. The molecular weight excluding hydrogens is 402 g/mol. The first-order chi connectivity index (χ1) is 15.5. The van der Waals surface area contributed by atoms with E-state index in [0.717, 1.165) is 42.5 Å². The van der Waals surface area contributed by atoms with E-state index in [1.54, 1.807) is 10.8 Å². The van der Waals surface area contributed by atoms with Crippen molar-refractivity contribution in [2.75, 3.05) is 0 Å². The molecular formula is C25H31N5O2. The van der Waals surface area contributed by atoms with Gasteiger partial charge in [0.25, 0.3) is 0 Å². The Kier molecular flexibility index (Phi) is 6.71. The number of hydrogen-bond donors (Lipinski definition) is 2. The van der Waals surface area contributed by atoms with Crippen LogP contribution in [0, 0.1) is 17.2 Å². The third-order valence-corrected chi connectivity index (χ3v) is 6.92. The first-order valence-corrected chi connectivity index (χ1v) is 11.6.